The molecule has 0 aromatic heterocycles. The Labute approximate surface area is 105 Å². The molecule has 1 heterocycles. The Bertz CT molecular complexity index is 345. The molecule has 17 heavy (non-hydrogen) atoms. The maximum Gasteiger partial charge on any atom is 0.0220 e. The van der Waals surface area contributed by atoms with Crippen molar-refractivity contribution in [3.8, 4) is 0 Å². The molecule has 1 fully saturated rings. The van der Waals surface area contributed by atoms with Gasteiger partial charge in [0.2, 0.25) is 0 Å². The molecule has 0 bridgehead atoms. The Balaban J connectivity index is 1.82. The van der Waals surface area contributed by atoms with Gasteiger partial charge in [0.15, 0.2) is 0 Å². The fourth-order valence-electron chi connectivity index (χ4n) is 2.38. The largest absolute Gasteiger partial charge is 0.326 e. The van der Waals surface area contributed by atoms with Crippen LogP contribution in [0.25, 0.3) is 0 Å². The number of likely N-dealkylation sites (tertiary alicyclic amines) is 1. The van der Waals surface area contributed by atoms with Gasteiger partial charge in [-0.1, -0.05) is 44.2 Å². The molecule has 1 atom stereocenters. The molecule has 1 aliphatic rings. The van der Waals surface area contributed by atoms with E-state index in [4.69, 9.17) is 5.73 Å². The maximum atomic E-state index is 6.23. The molecule has 2 heteroatoms. The highest BCUT2D eigenvalue weighted by Gasteiger charge is 2.32. The van der Waals surface area contributed by atoms with Crippen LogP contribution in [0.15, 0.2) is 30.3 Å². The summed E-state index contributed by atoms with van der Waals surface area (Å²) < 4.78 is 0. The van der Waals surface area contributed by atoms with Crippen molar-refractivity contribution < 1.29 is 0 Å². The van der Waals surface area contributed by atoms with Crippen molar-refractivity contribution in [3.05, 3.63) is 35.9 Å². The third-order valence-electron chi connectivity index (χ3n) is 4.09. The van der Waals surface area contributed by atoms with Gasteiger partial charge in [0.1, 0.15) is 0 Å². The molecule has 0 saturated carbocycles. The first-order valence-electron chi connectivity index (χ1n) is 6.60. The van der Waals surface area contributed by atoms with Gasteiger partial charge in [0.05, 0.1) is 0 Å². The fraction of sp³-hybridized carbons (Fsp3) is 0.600. The molecular formula is C15H24N2. The second-order valence-corrected chi connectivity index (χ2v) is 5.88. The Morgan fingerprint density at radius 2 is 2.00 bits per heavy atom. The van der Waals surface area contributed by atoms with Crippen LogP contribution in [0, 0.1) is 5.41 Å². The molecule has 0 amide bonds. The Kier molecular flexibility index (Phi) is 3.85. The van der Waals surface area contributed by atoms with Gasteiger partial charge >= 0.3 is 0 Å². The predicted molar refractivity (Wildman–Crippen MR) is 73.0 cm³/mol. The summed E-state index contributed by atoms with van der Waals surface area (Å²) in [7, 11) is 0. The highest BCUT2D eigenvalue weighted by atomic mass is 15.1. The van der Waals surface area contributed by atoms with E-state index in [-0.39, 0.29) is 0 Å². The topological polar surface area (TPSA) is 29.3 Å². The summed E-state index contributed by atoms with van der Waals surface area (Å²) in [5.41, 5.74) is 7.96. The van der Waals surface area contributed by atoms with E-state index in [0.717, 1.165) is 19.5 Å². The molecule has 2 N–H and O–H groups in total. The van der Waals surface area contributed by atoms with Crippen LogP contribution < -0.4 is 5.73 Å². The molecule has 1 aliphatic heterocycles. The molecule has 0 aliphatic carbocycles. The Morgan fingerprint density at radius 3 is 2.65 bits per heavy atom. The number of rotatable bonds is 3. The molecule has 1 saturated heterocycles. The molecule has 0 spiro atoms. The summed E-state index contributed by atoms with van der Waals surface area (Å²) in [6.45, 7) is 7.93. The molecule has 1 aromatic carbocycles. The zero-order chi connectivity index (χ0) is 12.3. The van der Waals surface area contributed by atoms with Gasteiger partial charge in [-0.2, -0.15) is 0 Å². The van der Waals surface area contributed by atoms with Gasteiger partial charge in [-0.25, -0.2) is 0 Å². The van der Waals surface area contributed by atoms with Crippen LogP contribution in [0.3, 0.4) is 0 Å². The van der Waals surface area contributed by atoms with Gasteiger partial charge in [0, 0.05) is 19.1 Å². The van der Waals surface area contributed by atoms with Gasteiger partial charge < -0.3 is 10.6 Å². The van der Waals surface area contributed by atoms with Crippen molar-refractivity contribution in [1.29, 1.82) is 0 Å². The normalized spacial score (nSPS) is 24.8. The first kappa shape index (κ1) is 12.6. The summed E-state index contributed by atoms with van der Waals surface area (Å²) in [4.78, 5) is 2.50. The quantitative estimate of drug-likeness (QED) is 0.866. The first-order chi connectivity index (χ1) is 8.08. The lowest BCUT2D eigenvalue weighted by Gasteiger charge is -2.42. The van der Waals surface area contributed by atoms with Crippen molar-refractivity contribution in [3.63, 3.8) is 0 Å². The molecule has 2 rings (SSSR count). The minimum absolute atomic E-state index is 0.309. The average molecular weight is 232 g/mol. The highest BCUT2D eigenvalue weighted by molar-refractivity contribution is 5.14. The van der Waals surface area contributed by atoms with E-state index in [9.17, 15) is 0 Å². The molecule has 94 valence electrons. The number of nitrogens with zero attached hydrogens (tertiary/aromatic N) is 1. The zero-order valence-electron chi connectivity index (χ0n) is 11.0. The average Bonchev–Trinajstić information content (AvgIpc) is 2.32. The van der Waals surface area contributed by atoms with Crippen LogP contribution in [0.2, 0.25) is 0 Å². The van der Waals surface area contributed by atoms with Crippen LogP contribution in [-0.4, -0.2) is 30.6 Å². The number of piperidine rings is 1. The van der Waals surface area contributed by atoms with Gasteiger partial charge in [0.25, 0.3) is 0 Å². The van der Waals surface area contributed by atoms with Crippen molar-refractivity contribution in [2.75, 3.05) is 19.6 Å². The molecule has 1 aromatic rings. The summed E-state index contributed by atoms with van der Waals surface area (Å²) in [5.74, 6) is 0. The molecule has 2 nitrogen and oxygen atoms in total. The lowest BCUT2D eigenvalue weighted by molar-refractivity contribution is 0.107. The van der Waals surface area contributed by atoms with Crippen molar-refractivity contribution in [2.45, 2.75) is 32.7 Å². The van der Waals surface area contributed by atoms with E-state index < -0.39 is 0 Å². The van der Waals surface area contributed by atoms with E-state index in [0.29, 0.717) is 11.5 Å². The Morgan fingerprint density at radius 1 is 1.29 bits per heavy atom. The fourth-order valence-corrected chi connectivity index (χ4v) is 2.38. The minimum atomic E-state index is 0.309. The zero-order valence-corrected chi connectivity index (χ0v) is 11.0. The van der Waals surface area contributed by atoms with Crippen molar-refractivity contribution >= 4 is 0 Å². The van der Waals surface area contributed by atoms with E-state index >= 15 is 0 Å². The van der Waals surface area contributed by atoms with Crippen LogP contribution in [-0.2, 0) is 6.42 Å². The van der Waals surface area contributed by atoms with Gasteiger partial charge in [-0.3, -0.25) is 0 Å². The third kappa shape index (κ3) is 3.30. The Hall–Kier alpha value is -0.860. The maximum absolute atomic E-state index is 6.23. The highest BCUT2D eigenvalue weighted by Crippen LogP contribution is 2.28. The molecular weight excluding hydrogens is 208 g/mol. The van der Waals surface area contributed by atoms with Gasteiger partial charge in [-0.05, 0) is 30.4 Å². The van der Waals surface area contributed by atoms with Crippen molar-refractivity contribution in [2.24, 2.45) is 11.1 Å². The van der Waals surface area contributed by atoms with Crippen LogP contribution in [0.5, 0.6) is 0 Å². The SMILES string of the molecule is CC1(C)CCN(CCc2ccccc2)CC1N. The molecule has 1 unspecified atom stereocenters. The van der Waals surface area contributed by atoms with Crippen LogP contribution in [0.4, 0.5) is 0 Å². The summed E-state index contributed by atoms with van der Waals surface area (Å²) >= 11 is 0. The number of nitrogens with two attached hydrogens (primary N) is 1. The van der Waals surface area contributed by atoms with Crippen LogP contribution in [0.1, 0.15) is 25.8 Å². The summed E-state index contributed by atoms with van der Waals surface area (Å²) in [6, 6.07) is 11.0. The summed E-state index contributed by atoms with van der Waals surface area (Å²) in [6.07, 6.45) is 2.34. The number of hydrogen-bond donors (Lipinski definition) is 1. The smallest absolute Gasteiger partial charge is 0.0220 e. The lowest BCUT2D eigenvalue weighted by Crippen LogP contribution is -2.53. The predicted octanol–water partition coefficient (Wildman–Crippen LogP) is 2.29. The van der Waals surface area contributed by atoms with E-state index in [2.05, 4.69) is 49.1 Å². The van der Waals surface area contributed by atoms with E-state index in [1.165, 1.54) is 18.5 Å². The first-order valence-corrected chi connectivity index (χ1v) is 6.60. The van der Waals surface area contributed by atoms with E-state index in [1.54, 1.807) is 0 Å². The number of hydrogen-bond acceptors (Lipinski definition) is 2. The minimum Gasteiger partial charge on any atom is -0.326 e. The third-order valence-corrected chi connectivity index (χ3v) is 4.09. The van der Waals surface area contributed by atoms with Gasteiger partial charge in [-0.15, -0.1) is 0 Å². The van der Waals surface area contributed by atoms with Crippen LogP contribution >= 0.6 is 0 Å². The standard InChI is InChI=1S/C15H24N2/c1-15(2)9-11-17(12-14(15)16)10-8-13-6-4-3-5-7-13/h3-7,14H,8-12,16H2,1-2H3. The second kappa shape index (κ2) is 5.19. The lowest BCUT2D eigenvalue weighted by atomic mass is 9.78. The number of benzene rings is 1. The second-order valence-electron chi connectivity index (χ2n) is 5.88. The summed E-state index contributed by atoms with van der Waals surface area (Å²) in [5, 5.41) is 0. The molecule has 0 radical (unpaired) electrons. The monoisotopic (exact) mass is 232 g/mol. The van der Waals surface area contributed by atoms with Crippen molar-refractivity contribution in [1.82, 2.24) is 4.90 Å². The van der Waals surface area contributed by atoms with E-state index in [1.807, 2.05) is 0 Å².